The number of aromatic nitrogens is 2. The number of anilines is 2. The number of rotatable bonds is 8. The SMILES string of the molecule is CNc1cc(NCC(C)(C)CN(C)C)nc(COC)n1. The van der Waals surface area contributed by atoms with Crippen LogP contribution in [0.4, 0.5) is 11.6 Å². The zero-order chi connectivity index (χ0) is 15.2. The third kappa shape index (κ3) is 5.71. The lowest BCUT2D eigenvalue weighted by Crippen LogP contribution is -2.34. The molecule has 0 aliphatic carbocycles. The van der Waals surface area contributed by atoms with Crippen molar-refractivity contribution in [2.75, 3.05) is 52.0 Å². The fraction of sp³-hybridized carbons (Fsp3) is 0.714. The Bertz CT molecular complexity index is 420. The van der Waals surface area contributed by atoms with Gasteiger partial charge in [0.25, 0.3) is 0 Å². The molecule has 114 valence electrons. The maximum absolute atomic E-state index is 5.09. The molecule has 0 saturated heterocycles. The molecule has 0 atom stereocenters. The summed E-state index contributed by atoms with van der Waals surface area (Å²) in [6, 6.07) is 1.91. The van der Waals surface area contributed by atoms with Gasteiger partial charge in [0, 0.05) is 33.3 Å². The Morgan fingerprint density at radius 1 is 1.25 bits per heavy atom. The molecular formula is C14H27N5O. The van der Waals surface area contributed by atoms with Gasteiger partial charge in [0.05, 0.1) is 0 Å². The van der Waals surface area contributed by atoms with Crippen LogP contribution in [0.5, 0.6) is 0 Å². The van der Waals surface area contributed by atoms with Gasteiger partial charge in [-0.15, -0.1) is 0 Å². The minimum absolute atomic E-state index is 0.162. The van der Waals surface area contributed by atoms with Crippen LogP contribution >= 0.6 is 0 Å². The smallest absolute Gasteiger partial charge is 0.158 e. The van der Waals surface area contributed by atoms with Crippen molar-refractivity contribution in [1.82, 2.24) is 14.9 Å². The minimum atomic E-state index is 0.162. The average molecular weight is 281 g/mol. The molecule has 0 aliphatic heterocycles. The molecule has 20 heavy (non-hydrogen) atoms. The molecule has 0 unspecified atom stereocenters. The Balaban J connectivity index is 2.73. The van der Waals surface area contributed by atoms with Crippen molar-refractivity contribution in [3.63, 3.8) is 0 Å². The van der Waals surface area contributed by atoms with Crippen LogP contribution in [0, 0.1) is 5.41 Å². The monoisotopic (exact) mass is 281 g/mol. The molecule has 1 heterocycles. The van der Waals surface area contributed by atoms with Crippen LogP contribution < -0.4 is 10.6 Å². The highest BCUT2D eigenvalue weighted by atomic mass is 16.5. The molecule has 0 aromatic carbocycles. The molecule has 0 saturated carbocycles. The van der Waals surface area contributed by atoms with Crippen LogP contribution in [0.3, 0.4) is 0 Å². The maximum atomic E-state index is 5.09. The van der Waals surface area contributed by atoms with Gasteiger partial charge in [0.1, 0.15) is 18.2 Å². The molecule has 2 N–H and O–H groups in total. The Labute approximate surface area is 121 Å². The molecular weight excluding hydrogens is 254 g/mol. The van der Waals surface area contributed by atoms with E-state index in [0.29, 0.717) is 12.4 Å². The predicted molar refractivity (Wildman–Crippen MR) is 83.1 cm³/mol. The fourth-order valence-corrected chi connectivity index (χ4v) is 2.15. The second-order valence-corrected chi connectivity index (χ2v) is 5.99. The van der Waals surface area contributed by atoms with E-state index in [0.717, 1.165) is 24.7 Å². The third-order valence-electron chi connectivity index (χ3n) is 2.79. The van der Waals surface area contributed by atoms with E-state index in [1.165, 1.54) is 0 Å². The fourth-order valence-electron chi connectivity index (χ4n) is 2.15. The van der Waals surface area contributed by atoms with Crippen molar-refractivity contribution < 1.29 is 4.74 Å². The Kier molecular flexibility index (Phi) is 6.16. The lowest BCUT2D eigenvalue weighted by atomic mass is 9.93. The molecule has 1 aromatic rings. The summed E-state index contributed by atoms with van der Waals surface area (Å²) in [6.45, 7) is 6.73. The van der Waals surface area contributed by atoms with Gasteiger partial charge >= 0.3 is 0 Å². The summed E-state index contributed by atoms with van der Waals surface area (Å²) < 4.78 is 5.09. The topological polar surface area (TPSA) is 62.3 Å². The van der Waals surface area contributed by atoms with Gasteiger partial charge < -0.3 is 20.3 Å². The highest BCUT2D eigenvalue weighted by Crippen LogP contribution is 2.18. The van der Waals surface area contributed by atoms with Crippen molar-refractivity contribution in [3.8, 4) is 0 Å². The van der Waals surface area contributed by atoms with E-state index < -0.39 is 0 Å². The lowest BCUT2D eigenvalue weighted by molar-refractivity contribution is 0.178. The van der Waals surface area contributed by atoms with Gasteiger partial charge in [-0.1, -0.05) is 13.8 Å². The van der Waals surface area contributed by atoms with E-state index in [-0.39, 0.29) is 5.41 Å². The number of nitrogens with one attached hydrogen (secondary N) is 2. The summed E-state index contributed by atoms with van der Waals surface area (Å²) in [5.41, 5.74) is 0.162. The molecule has 0 amide bonds. The van der Waals surface area contributed by atoms with Crippen molar-refractivity contribution in [2.24, 2.45) is 5.41 Å². The molecule has 1 aromatic heterocycles. The standard InChI is InChI=1S/C14H27N5O/c1-14(2,10-19(4)5)9-16-12-7-11(15-3)17-13(18-12)8-20-6/h7H,8-10H2,1-6H3,(H2,15,16,17,18). The molecule has 0 spiro atoms. The first-order chi connectivity index (χ1) is 9.36. The van der Waals surface area contributed by atoms with Crippen molar-refractivity contribution >= 4 is 11.6 Å². The summed E-state index contributed by atoms with van der Waals surface area (Å²) in [4.78, 5) is 11.0. The second kappa shape index (κ2) is 7.40. The number of hydrogen-bond donors (Lipinski definition) is 2. The molecule has 0 radical (unpaired) electrons. The zero-order valence-corrected chi connectivity index (χ0v) is 13.4. The van der Waals surface area contributed by atoms with Crippen LogP contribution in [-0.4, -0.2) is 56.2 Å². The Hall–Kier alpha value is -1.40. The Morgan fingerprint density at radius 3 is 2.45 bits per heavy atom. The summed E-state index contributed by atoms with van der Waals surface area (Å²) >= 11 is 0. The van der Waals surface area contributed by atoms with Gasteiger partial charge in [-0.3, -0.25) is 0 Å². The van der Waals surface area contributed by atoms with Crippen LogP contribution in [0.25, 0.3) is 0 Å². The Morgan fingerprint density at radius 2 is 1.90 bits per heavy atom. The minimum Gasteiger partial charge on any atom is -0.377 e. The average Bonchev–Trinajstić information content (AvgIpc) is 2.35. The number of ether oxygens (including phenoxy) is 1. The molecule has 6 nitrogen and oxygen atoms in total. The van der Waals surface area contributed by atoms with Crippen molar-refractivity contribution in [1.29, 1.82) is 0 Å². The van der Waals surface area contributed by atoms with E-state index >= 15 is 0 Å². The van der Waals surface area contributed by atoms with Crippen LogP contribution in [0.2, 0.25) is 0 Å². The normalized spacial score (nSPS) is 11.8. The van der Waals surface area contributed by atoms with Crippen LogP contribution in [-0.2, 0) is 11.3 Å². The van der Waals surface area contributed by atoms with E-state index in [4.69, 9.17) is 4.74 Å². The number of hydrogen-bond acceptors (Lipinski definition) is 6. The zero-order valence-electron chi connectivity index (χ0n) is 13.4. The highest BCUT2D eigenvalue weighted by Gasteiger charge is 2.19. The largest absolute Gasteiger partial charge is 0.377 e. The quantitative estimate of drug-likeness (QED) is 0.756. The van der Waals surface area contributed by atoms with E-state index in [1.807, 2.05) is 13.1 Å². The van der Waals surface area contributed by atoms with E-state index in [1.54, 1.807) is 7.11 Å². The first-order valence-electron chi connectivity index (χ1n) is 6.79. The maximum Gasteiger partial charge on any atom is 0.158 e. The second-order valence-electron chi connectivity index (χ2n) is 5.99. The highest BCUT2D eigenvalue weighted by molar-refractivity contribution is 5.47. The van der Waals surface area contributed by atoms with E-state index in [2.05, 4.69) is 53.4 Å². The van der Waals surface area contributed by atoms with Gasteiger partial charge in [-0.25, -0.2) is 9.97 Å². The summed E-state index contributed by atoms with van der Waals surface area (Å²) in [6.07, 6.45) is 0. The van der Waals surface area contributed by atoms with Crippen molar-refractivity contribution in [3.05, 3.63) is 11.9 Å². The lowest BCUT2D eigenvalue weighted by Gasteiger charge is -2.28. The van der Waals surface area contributed by atoms with Crippen LogP contribution in [0.15, 0.2) is 6.07 Å². The predicted octanol–water partition coefficient (Wildman–Crippen LogP) is 1.66. The molecule has 0 aliphatic rings. The van der Waals surface area contributed by atoms with Gasteiger partial charge in [-0.05, 0) is 19.5 Å². The summed E-state index contributed by atoms with van der Waals surface area (Å²) in [5.74, 6) is 2.29. The summed E-state index contributed by atoms with van der Waals surface area (Å²) in [5, 5.41) is 6.43. The van der Waals surface area contributed by atoms with Gasteiger partial charge in [0.2, 0.25) is 0 Å². The summed E-state index contributed by atoms with van der Waals surface area (Å²) in [7, 11) is 7.66. The molecule has 1 rings (SSSR count). The number of nitrogens with zero attached hydrogens (tertiary/aromatic N) is 3. The molecule has 0 bridgehead atoms. The number of methoxy groups -OCH3 is 1. The first-order valence-corrected chi connectivity index (χ1v) is 6.79. The third-order valence-corrected chi connectivity index (χ3v) is 2.79. The molecule has 6 heteroatoms. The molecule has 0 fully saturated rings. The van der Waals surface area contributed by atoms with Gasteiger partial charge in [-0.2, -0.15) is 0 Å². The first kappa shape index (κ1) is 16.7. The van der Waals surface area contributed by atoms with Gasteiger partial charge in [0.15, 0.2) is 5.82 Å². The van der Waals surface area contributed by atoms with Crippen LogP contribution in [0.1, 0.15) is 19.7 Å². The van der Waals surface area contributed by atoms with E-state index in [9.17, 15) is 0 Å². The van der Waals surface area contributed by atoms with Crippen molar-refractivity contribution in [2.45, 2.75) is 20.5 Å².